The second-order valence-corrected chi connectivity index (χ2v) is 9.25. The first-order valence-corrected chi connectivity index (χ1v) is 11.6. The fourth-order valence-electron chi connectivity index (χ4n) is 3.07. The molecule has 0 spiro atoms. The molecule has 39 heavy (non-hydrogen) atoms. The van der Waals surface area contributed by atoms with Crippen molar-refractivity contribution in [3.63, 3.8) is 0 Å². The summed E-state index contributed by atoms with van der Waals surface area (Å²) in [5, 5.41) is 0. The fourth-order valence-corrected chi connectivity index (χ4v) is 3.53. The maximum atomic E-state index is 15.0. The average molecular weight is 594 g/mol. The Morgan fingerprint density at radius 2 is 1.03 bits per heavy atom. The highest BCUT2D eigenvalue weighted by molar-refractivity contribution is 7.88. The largest absolute Gasteiger partial charge is 0.534 e. The smallest absolute Gasteiger partial charge is 0.457 e. The molecule has 0 fully saturated rings. The van der Waals surface area contributed by atoms with Crippen molar-refractivity contribution in [2.45, 2.75) is 29.2 Å². The van der Waals surface area contributed by atoms with Crippen LogP contribution in [0, 0.1) is 0 Å². The molecule has 4 nitrogen and oxygen atoms in total. The SMILES string of the molecule is O=S(=O)(Oc1ccc(C(F)(F)C(F)(F)C(F)(F)C(F)(F)c2ccccc2Oc2ccccc2)cc1)C(F)(F)F. The molecule has 0 saturated carbocycles. The molecule has 3 rings (SSSR count). The molecule has 0 saturated heterocycles. The van der Waals surface area contributed by atoms with E-state index in [4.69, 9.17) is 4.74 Å². The van der Waals surface area contributed by atoms with Crippen LogP contribution in [0.5, 0.6) is 17.2 Å². The number of halogens is 11. The van der Waals surface area contributed by atoms with E-state index < -0.39 is 61.9 Å². The third-order valence-corrected chi connectivity index (χ3v) is 6.06. The van der Waals surface area contributed by atoms with Crippen molar-refractivity contribution in [3.05, 3.63) is 90.0 Å². The molecule has 0 aliphatic carbocycles. The van der Waals surface area contributed by atoms with Gasteiger partial charge in [-0.3, -0.25) is 0 Å². The number of hydrogen-bond acceptors (Lipinski definition) is 4. The van der Waals surface area contributed by atoms with Crippen LogP contribution >= 0.6 is 0 Å². The van der Waals surface area contributed by atoms with E-state index in [2.05, 4.69) is 4.18 Å². The Morgan fingerprint density at radius 1 is 0.538 bits per heavy atom. The summed E-state index contributed by atoms with van der Waals surface area (Å²) in [6.45, 7) is 0. The van der Waals surface area contributed by atoms with Gasteiger partial charge >= 0.3 is 39.3 Å². The summed E-state index contributed by atoms with van der Waals surface area (Å²) in [6.07, 6.45) is 0. The molecule has 3 aromatic carbocycles. The maximum absolute atomic E-state index is 15.0. The first kappa shape index (κ1) is 30.0. The zero-order valence-corrected chi connectivity index (χ0v) is 19.5. The van der Waals surface area contributed by atoms with Crippen molar-refractivity contribution in [1.29, 1.82) is 0 Å². The van der Waals surface area contributed by atoms with Crippen LogP contribution in [0.2, 0.25) is 0 Å². The van der Waals surface area contributed by atoms with E-state index in [9.17, 15) is 56.7 Å². The van der Waals surface area contributed by atoms with Gasteiger partial charge in [0.1, 0.15) is 17.2 Å². The topological polar surface area (TPSA) is 52.6 Å². The molecule has 212 valence electrons. The van der Waals surface area contributed by atoms with E-state index in [0.717, 1.165) is 18.2 Å². The van der Waals surface area contributed by atoms with E-state index in [0.29, 0.717) is 0 Å². The lowest BCUT2D eigenvalue weighted by molar-refractivity contribution is -0.374. The van der Waals surface area contributed by atoms with Crippen LogP contribution < -0.4 is 8.92 Å². The lowest BCUT2D eigenvalue weighted by Crippen LogP contribution is -2.59. The summed E-state index contributed by atoms with van der Waals surface area (Å²) in [5.74, 6) is -28.1. The Labute approximate surface area is 212 Å². The molecule has 0 radical (unpaired) electrons. The van der Waals surface area contributed by atoms with Gasteiger partial charge in [0.2, 0.25) is 0 Å². The molecule has 16 heteroatoms. The van der Waals surface area contributed by atoms with Gasteiger partial charge in [-0.15, -0.1) is 0 Å². The minimum Gasteiger partial charge on any atom is -0.457 e. The van der Waals surface area contributed by atoms with E-state index in [1.807, 2.05) is 0 Å². The van der Waals surface area contributed by atoms with Gasteiger partial charge in [-0.05, 0) is 48.5 Å². The third kappa shape index (κ3) is 5.33. The molecule has 0 amide bonds. The Morgan fingerprint density at radius 3 is 1.56 bits per heavy atom. The van der Waals surface area contributed by atoms with Gasteiger partial charge in [0.05, 0.1) is 5.56 Å². The van der Waals surface area contributed by atoms with E-state index in [1.54, 1.807) is 0 Å². The van der Waals surface area contributed by atoms with Crippen LogP contribution in [0.4, 0.5) is 48.3 Å². The molecule has 0 aromatic heterocycles. The Kier molecular flexibility index (Phi) is 7.60. The Balaban J connectivity index is 1.98. The van der Waals surface area contributed by atoms with Crippen LogP contribution in [0.1, 0.15) is 11.1 Å². The number of rotatable bonds is 9. The molecule has 0 N–H and O–H groups in total. The lowest BCUT2D eigenvalue weighted by atomic mass is 9.90. The second kappa shape index (κ2) is 9.88. The van der Waals surface area contributed by atoms with Crippen molar-refractivity contribution in [1.82, 2.24) is 0 Å². The molecular weight excluding hydrogens is 581 g/mol. The molecule has 0 aliphatic heterocycles. The van der Waals surface area contributed by atoms with Crippen molar-refractivity contribution in [2.75, 3.05) is 0 Å². The summed E-state index contributed by atoms with van der Waals surface area (Å²) in [4.78, 5) is 0. The highest BCUT2D eigenvalue weighted by atomic mass is 32.2. The number of para-hydroxylation sites is 2. The first-order valence-electron chi connectivity index (χ1n) is 10.2. The van der Waals surface area contributed by atoms with Crippen LogP contribution in [0.25, 0.3) is 0 Å². The summed E-state index contributed by atoms with van der Waals surface area (Å²) < 4.78 is 186. The Bertz CT molecular complexity index is 1410. The number of alkyl halides is 11. The van der Waals surface area contributed by atoms with Crippen LogP contribution in [0.3, 0.4) is 0 Å². The molecule has 0 heterocycles. The number of benzene rings is 3. The number of hydrogen-bond donors (Lipinski definition) is 0. The molecule has 3 aromatic rings. The molecule has 0 atom stereocenters. The van der Waals surface area contributed by atoms with Crippen molar-refractivity contribution in [2.24, 2.45) is 0 Å². The summed E-state index contributed by atoms with van der Waals surface area (Å²) in [5.41, 5.74) is -9.86. The standard InChI is InChI=1S/C23H13F11O4S/c24-19(25,14-10-12-16(13-11-14)38-39(35,36)23(32,33)34)21(28,29)22(30,31)20(26,27)17-8-4-5-9-18(17)37-15-6-2-1-3-7-15/h1-13H. The van der Waals surface area contributed by atoms with Gasteiger partial charge < -0.3 is 8.92 Å². The molecule has 0 unspecified atom stereocenters. The van der Waals surface area contributed by atoms with Crippen molar-refractivity contribution in [3.8, 4) is 17.2 Å². The number of ether oxygens (including phenoxy) is 1. The summed E-state index contributed by atoms with van der Waals surface area (Å²) in [6, 6.07) is 9.08. The van der Waals surface area contributed by atoms with Gasteiger partial charge in [-0.1, -0.05) is 30.3 Å². The van der Waals surface area contributed by atoms with E-state index in [-0.39, 0.29) is 36.1 Å². The predicted molar refractivity (Wildman–Crippen MR) is 113 cm³/mol. The fraction of sp³-hybridized carbons (Fsp3) is 0.217. The van der Waals surface area contributed by atoms with Gasteiger partial charge in [-0.2, -0.15) is 56.7 Å². The molecule has 0 aliphatic rings. The first-order chi connectivity index (χ1) is 17.8. The second-order valence-electron chi connectivity index (χ2n) is 7.72. The third-order valence-electron chi connectivity index (χ3n) is 5.09. The average Bonchev–Trinajstić information content (AvgIpc) is 2.84. The summed E-state index contributed by atoms with van der Waals surface area (Å²) in [7, 11) is -6.29. The van der Waals surface area contributed by atoms with Gasteiger partial charge in [-0.25, -0.2) is 0 Å². The van der Waals surface area contributed by atoms with Crippen LogP contribution in [-0.2, 0) is 22.0 Å². The minimum atomic E-state index is -6.82. The zero-order valence-electron chi connectivity index (χ0n) is 18.7. The highest BCUT2D eigenvalue weighted by Gasteiger charge is 2.81. The van der Waals surface area contributed by atoms with E-state index in [1.165, 1.54) is 30.3 Å². The monoisotopic (exact) mass is 594 g/mol. The van der Waals surface area contributed by atoms with E-state index >= 15 is 0 Å². The van der Waals surface area contributed by atoms with Gasteiger partial charge in [0, 0.05) is 5.56 Å². The zero-order chi connectivity index (χ0) is 29.5. The van der Waals surface area contributed by atoms with Gasteiger partial charge in [0.25, 0.3) is 0 Å². The van der Waals surface area contributed by atoms with Crippen molar-refractivity contribution < 1.29 is 65.6 Å². The van der Waals surface area contributed by atoms with Gasteiger partial charge in [0.15, 0.2) is 0 Å². The maximum Gasteiger partial charge on any atom is 0.534 e. The normalized spacial score (nSPS) is 13.7. The lowest BCUT2D eigenvalue weighted by Gasteiger charge is -2.37. The Hall–Kier alpha value is -3.56. The van der Waals surface area contributed by atoms with Crippen LogP contribution in [-0.4, -0.2) is 25.8 Å². The van der Waals surface area contributed by atoms with Crippen LogP contribution in [0.15, 0.2) is 78.9 Å². The predicted octanol–water partition coefficient (Wildman–Crippen LogP) is 7.86. The highest BCUT2D eigenvalue weighted by Crippen LogP contribution is 2.60. The minimum absolute atomic E-state index is 0.0158. The quantitative estimate of drug-likeness (QED) is 0.144. The van der Waals surface area contributed by atoms with Crippen molar-refractivity contribution >= 4 is 10.1 Å². The molecule has 0 bridgehead atoms. The summed E-state index contributed by atoms with van der Waals surface area (Å²) >= 11 is 0. The molecular formula is C23H13F11O4S.